The van der Waals surface area contributed by atoms with Gasteiger partial charge in [-0.25, -0.2) is 0 Å². The van der Waals surface area contributed by atoms with Gasteiger partial charge in [-0.15, -0.1) is 0 Å². The Balaban J connectivity index is 2.87. The summed E-state index contributed by atoms with van der Waals surface area (Å²) in [5, 5.41) is 0. The summed E-state index contributed by atoms with van der Waals surface area (Å²) >= 11 is 0. The normalized spacial score (nSPS) is 11.5. The summed E-state index contributed by atoms with van der Waals surface area (Å²) in [4.78, 5) is 0. The molecule has 82 valence electrons. The van der Waals surface area contributed by atoms with E-state index in [-0.39, 0.29) is 5.54 Å². The van der Waals surface area contributed by atoms with E-state index in [1.165, 1.54) is 16.7 Å². The summed E-state index contributed by atoms with van der Waals surface area (Å²) in [5.41, 5.74) is 10.7. The fraction of sp³-hybridized carbons (Fsp3) is 0.429. The van der Waals surface area contributed by atoms with Gasteiger partial charge in [-0.2, -0.15) is 0 Å². The van der Waals surface area contributed by atoms with Crippen molar-refractivity contribution in [3.05, 3.63) is 47.0 Å². The van der Waals surface area contributed by atoms with E-state index in [9.17, 15) is 0 Å². The first-order valence-electron chi connectivity index (χ1n) is 5.34. The van der Waals surface area contributed by atoms with Crippen LogP contribution in [0.5, 0.6) is 0 Å². The van der Waals surface area contributed by atoms with Gasteiger partial charge in [-0.05, 0) is 45.2 Å². The van der Waals surface area contributed by atoms with Gasteiger partial charge < -0.3 is 5.73 Å². The summed E-state index contributed by atoms with van der Waals surface area (Å²) in [6.45, 7) is 12.3. The Labute approximate surface area is 93.0 Å². The third kappa shape index (κ3) is 3.21. The monoisotopic (exact) mass is 203 g/mol. The predicted octanol–water partition coefficient (Wildman–Crippen LogP) is 3.14. The Morgan fingerprint density at radius 2 is 1.93 bits per heavy atom. The van der Waals surface area contributed by atoms with Crippen LogP contribution < -0.4 is 5.73 Å². The smallest absolute Gasteiger partial charge is 0.0312 e. The number of aryl methyl sites for hydroxylation is 2. The van der Waals surface area contributed by atoms with Gasteiger partial charge in [0.1, 0.15) is 0 Å². The number of hydrogen-bond donors (Lipinski definition) is 1. The van der Waals surface area contributed by atoms with Crippen LogP contribution in [0, 0.1) is 13.8 Å². The molecule has 0 unspecified atom stereocenters. The van der Waals surface area contributed by atoms with Crippen LogP contribution >= 0.6 is 0 Å². The van der Waals surface area contributed by atoms with E-state index in [0.29, 0.717) is 0 Å². The van der Waals surface area contributed by atoms with Gasteiger partial charge in [0, 0.05) is 5.54 Å². The lowest BCUT2D eigenvalue weighted by Crippen LogP contribution is -2.34. The molecule has 0 saturated carbocycles. The maximum Gasteiger partial charge on any atom is 0.0312 e. The van der Waals surface area contributed by atoms with Crippen molar-refractivity contribution in [3.63, 3.8) is 0 Å². The Morgan fingerprint density at radius 3 is 2.40 bits per heavy atom. The molecule has 1 aromatic rings. The van der Waals surface area contributed by atoms with Crippen LogP contribution in [0.25, 0.3) is 0 Å². The van der Waals surface area contributed by atoms with Crippen LogP contribution in [-0.4, -0.2) is 5.54 Å². The first-order valence-corrected chi connectivity index (χ1v) is 5.34. The van der Waals surface area contributed by atoms with Crippen molar-refractivity contribution in [2.45, 2.75) is 39.7 Å². The van der Waals surface area contributed by atoms with Gasteiger partial charge in [0.25, 0.3) is 0 Å². The predicted molar refractivity (Wildman–Crippen MR) is 67.0 cm³/mol. The lowest BCUT2D eigenvalue weighted by molar-refractivity contribution is 0.598. The zero-order chi connectivity index (χ0) is 11.6. The molecular weight excluding hydrogens is 182 g/mol. The summed E-state index contributed by atoms with van der Waals surface area (Å²) in [6.07, 6.45) is 0.871. The second-order valence-electron chi connectivity index (χ2n) is 4.93. The van der Waals surface area contributed by atoms with Gasteiger partial charge in [0.2, 0.25) is 0 Å². The molecule has 0 aliphatic heterocycles. The third-order valence-corrected chi connectivity index (χ3v) is 2.81. The lowest BCUT2D eigenvalue weighted by atomic mass is 9.89. The fourth-order valence-corrected chi connectivity index (χ4v) is 1.50. The minimum absolute atomic E-state index is 0.294. The highest BCUT2D eigenvalue weighted by molar-refractivity contribution is 5.34. The molecule has 0 radical (unpaired) electrons. The maximum absolute atomic E-state index is 6.01. The minimum atomic E-state index is -0.294. The van der Waals surface area contributed by atoms with Gasteiger partial charge in [0.05, 0.1) is 0 Å². The topological polar surface area (TPSA) is 26.0 Å². The zero-order valence-electron chi connectivity index (χ0n) is 10.2. The number of nitrogens with two attached hydrogens (primary N) is 1. The molecule has 0 amide bonds. The Morgan fingerprint density at radius 1 is 1.33 bits per heavy atom. The van der Waals surface area contributed by atoms with Crippen molar-refractivity contribution in [3.8, 4) is 0 Å². The number of rotatable bonds is 3. The second kappa shape index (κ2) is 4.19. The fourth-order valence-electron chi connectivity index (χ4n) is 1.50. The van der Waals surface area contributed by atoms with E-state index >= 15 is 0 Å². The van der Waals surface area contributed by atoms with Crippen LogP contribution in [0.4, 0.5) is 0 Å². The van der Waals surface area contributed by atoms with E-state index in [1.807, 2.05) is 13.8 Å². The highest BCUT2D eigenvalue weighted by Crippen LogP contribution is 2.19. The minimum Gasteiger partial charge on any atom is -0.322 e. The van der Waals surface area contributed by atoms with Crippen molar-refractivity contribution in [1.29, 1.82) is 0 Å². The molecule has 0 fully saturated rings. The molecule has 0 atom stereocenters. The van der Waals surface area contributed by atoms with Crippen LogP contribution in [0.15, 0.2) is 30.4 Å². The Hall–Kier alpha value is -1.08. The molecule has 0 aromatic heterocycles. The van der Waals surface area contributed by atoms with Crippen molar-refractivity contribution in [1.82, 2.24) is 0 Å². The standard InChI is InChI=1S/C14H21N/c1-10-6-7-13(11(2)8-10)9-12(3)14(4,5)15/h6-8H,3,9,15H2,1-2,4-5H3. The van der Waals surface area contributed by atoms with Gasteiger partial charge in [-0.3, -0.25) is 0 Å². The SMILES string of the molecule is C=C(Cc1ccc(C)cc1C)C(C)(C)N. The molecule has 2 N–H and O–H groups in total. The van der Waals surface area contributed by atoms with E-state index in [0.717, 1.165) is 12.0 Å². The molecule has 0 heterocycles. The van der Waals surface area contributed by atoms with Crippen LogP contribution in [0.1, 0.15) is 30.5 Å². The van der Waals surface area contributed by atoms with Crippen LogP contribution in [0.2, 0.25) is 0 Å². The molecule has 0 saturated heterocycles. The van der Waals surface area contributed by atoms with Crippen molar-refractivity contribution >= 4 is 0 Å². The molecule has 0 aliphatic carbocycles. The molecular formula is C14H21N. The van der Waals surface area contributed by atoms with E-state index in [2.05, 4.69) is 38.6 Å². The largest absolute Gasteiger partial charge is 0.322 e. The molecule has 1 heteroatoms. The second-order valence-corrected chi connectivity index (χ2v) is 4.93. The average molecular weight is 203 g/mol. The van der Waals surface area contributed by atoms with E-state index < -0.39 is 0 Å². The maximum atomic E-state index is 6.01. The Bertz CT molecular complexity index is 369. The Kier molecular flexibility index (Phi) is 3.35. The summed E-state index contributed by atoms with van der Waals surface area (Å²) < 4.78 is 0. The molecule has 0 spiro atoms. The van der Waals surface area contributed by atoms with Gasteiger partial charge in [-0.1, -0.05) is 35.9 Å². The average Bonchev–Trinajstić information content (AvgIpc) is 2.08. The molecule has 1 aromatic carbocycles. The lowest BCUT2D eigenvalue weighted by Gasteiger charge is -2.22. The molecule has 15 heavy (non-hydrogen) atoms. The van der Waals surface area contributed by atoms with Gasteiger partial charge >= 0.3 is 0 Å². The quantitative estimate of drug-likeness (QED) is 0.750. The third-order valence-electron chi connectivity index (χ3n) is 2.81. The first-order chi connectivity index (χ1) is 6.80. The highest BCUT2D eigenvalue weighted by atomic mass is 14.7. The van der Waals surface area contributed by atoms with Crippen LogP contribution in [-0.2, 0) is 6.42 Å². The molecule has 0 aliphatic rings. The van der Waals surface area contributed by atoms with Crippen molar-refractivity contribution in [2.24, 2.45) is 5.73 Å². The summed E-state index contributed by atoms with van der Waals surface area (Å²) in [7, 11) is 0. The molecule has 1 rings (SSSR count). The molecule has 1 nitrogen and oxygen atoms in total. The van der Waals surface area contributed by atoms with Crippen LogP contribution in [0.3, 0.4) is 0 Å². The first kappa shape index (κ1) is 12.0. The van der Waals surface area contributed by atoms with Crippen molar-refractivity contribution < 1.29 is 0 Å². The number of benzene rings is 1. The summed E-state index contributed by atoms with van der Waals surface area (Å²) in [6, 6.07) is 6.51. The van der Waals surface area contributed by atoms with E-state index in [1.54, 1.807) is 0 Å². The molecule has 0 bridgehead atoms. The summed E-state index contributed by atoms with van der Waals surface area (Å²) in [5.74, 6) is 0. The van der Waals surface area contributed by atoms with E-state index in [4.69, 9.17) is 5.73 Å². The number of hydrogen-bond acceptors (Lipinski definition) is 1. The van der Waals surface area contributed by atoms with Crippen molar-refractivity contribution in [2.75, 3.05) is 0 Å². The highest BCUT2D eigenvalue weighted by Gasteiger charge is 2.15. The van der Waals surface area contributed by atoms with Gasteiger partial charge in [0.15, 0.2) is 0 Å². The zero-order valence-corrected chi connectivity index (χ0v) is 10.2.